The summed E-state index contributed by atoms with van der Waals surface area (Å²) in [6.07, 6.45) is 10.1. The molecular formula is C23H34N4O. The highest BCUT2D eigenvalue weighted by molar-refractivity contribution is 6.01. The van der Waals surface area contributed by atoms with Gasteiger partial charge in [0.1, 0.15) is 0 Å². The fourth-order valence-electron chi connectivity index (χ4n) is 4.42. The molecule has 28 heavy (non-hydrogen) atoms. The summed E-state index contributed by atoms with van der Waals surface area (Å²) >= 11 is 0. The maximum Gasteiger partial charge on any atom is 0.251 e. The highest BCUT2D eigenvalue weighted by Crippen LogP contribution is 2.33. The van der Waals surface area contributed by atoms with Crippen LogP contribution in [0.5, 0.6) is 0 Å². The van der Waals surface area contributed by atoms with Gasteiger partial charge < -0.3 is 15.2 Å². The van der Waals surface area contributed by atoms with E-state index < -0.39 is 0 Å². The van der Waals surface area contributed by atoms with Crippen LogP contribution in [-0.2, 0) is 13.0 Å². The van der Waals surface area contributed by atoms with Gasteiger partial charge in [0, 0.05) is 36.2 Å². The minimum Gasteiger partial charge on any atom is -0.366 e. The summed E-state index contributed by atoms with van der Waals surface area (Å²) in [5.74, 6) is -0.355. The Morgan fingerprint density at radius 2 is 1.93 bits per heavy atom. The van der Waals surface area contributed by atoms with E-state index in [1.165, 1.54) is 50.9 Å². The number of nitrogens with two attached hydrogens (primary N) is 1. The first-order valence-electron chi connectivity index (χ1n) is 10.8. The minimum atomic E-state index is -0.355. The molecule has 0 spiro atoms. The van der Waals surface area contributed by atoms with Crippen LogP contribution in [0, 0.1) is 6.92 Å². The number of aromatic nitrogens is 2. The van der Waals surface area contributed by atoms with E-state index in [1.54, 1.807) is 6.20 Å². The number of primary amides is 1. The molecule has 0 atom stereocenters. The van der Waals surface area contributed by atoms with Crippen LogP contribution in [0.2, 0.25) is 0 Å². The van der Waals surface area contributed by atoms with Crippen LogP contribution >= 0.6 is 0 Å². The number of pyridine rings is 1. The Hall–Kier alpha value is -2.14. The van der Waals surface area contributed by atoms with Crippen molar-refractivity contribution in [3.05, 3.63) is 41.3 Å². The number of nitrogens with zero attached hydrogens (tertiary/aromatic N) is 3. The molecular weight excluding hydrogens is 348 g/mol. The fourth-order valence-corrected chi connectivity index (χ4v) is 4.42. The van der Waals surface area contributed by atoms with Crippen LogP contribution in [0.15, 0.2) is 24.4 Å². The molecule has 0 radical (unpaired) electrons. The van der Waals surface area contributed by atoms with E-state index in [9.17, 15) is 4.79 Å². The average molecular weight is 383 g/mol. The van der Waals surface area contributed by atoms with Gasteiger partial charge in [0.05, 0.1) is 11.3 Å². The lowest BCUT2D eigenvalue weighted by Crippen LogP contribution is -2.33. The van der Waals surface area contributed by atoms with Crippen molar-refractivity contribution in [2.75, 3.05) is 19.6 Å². The molecule has 0 aliphatic carbocycles. The molecule has 2 aromatic heterocycles. The van der Waals surface area contributed by atoms with E-state index in [4.69, 9.17) is 5.73 Å². The van der Waals surface area contributed by atoms with Crippen LogP contribution in [0.3, 0.4) is 0 Å². The van der Waals surface area contributed by atoms with Crippen molar-refractivity contribution in [1.29, 1.82) is 0 Å². The van der Waals surface area contributed by atoms with Gasteiger partial charge in [-0.2, -0.15) is 0 Å². The number of likely N-dealkylation sites (tertiary alicyclic amines) is 1. The third-order valence-corrected chi connectivity index (χ3v) is 5.90. The number of hydrogen-bond acceptors (Lipinski definition) is 3. The fraction of sp³-hybridized carbons (Fsp3) is 0.565. The van der Waals surface area contributed by atoms with E-state index in [1.807, 2.05) is 25.1 Å². The van der Waals surface area contributed by atoms with Crippen LogP contribution in [-0.4, -0.2) is 40.0 Å². The Bertz CT molecular complexity index is 776. The first-order valence-corrected chi connectivity index (χ1v) is 10.8. The molecule has 5 heteroatoms. The SMILES string of the molecule is CCCCCc1c(-c2ccccn2)c(C(N)=O)c(C)n1CCN1CCCCC1. The second kappa shape index (κ2) is 9.87. The molecule has 2 aromatic rings. The third kappa shape index (κ3) is 4.64. The zero-order valence-electron chi connectivity index (χ0n) is 17.4. The van der Waals surface area contributed by atoms with Crippen LogP contribution in [0.1, 0.15) is 67.2 Å². The summed E-state index contributed by atoms with van der Waals surface area (Å²) in [6.45, 7) is 8.54. The van der Waals surface area contributed by atoms with Gasteiger partial charge in [-0.05, 0) is 57.8 Å². The zero-order chi connectivity index (χ0) is 19.9. The minimum absolute atomic E-state index is 0.355. The standard InChI is InChI=1S/C23H34N4O/c1-3-4-6-12-20-22(19-11-7-8-13-25-19)21(23(24)28)18(2)27(20)17-16-26-14-9-5-10-15-26/h7-8,11,13H,3-6,9-10,12,14-17H2,1-2H3,(H2,24,28). The molecule has 1 aliphatic heterocycles. The van der Waals surface area contributed by atoms with Gasteiger partial charge in [-0.15, -0.1) is 0 Å². The lowest BCUT2D eigenvalue weighted by molar-refractivity contribution is 0.1000. The van der Waals surface area contributed by atoms with Crippen molar-refractivity contribution in [3.63, 3.8) is 0 Å². The largest absolute Gasteiger partial charge is 0.366 e. The highest BCUT2D eigenvalue weighted by Gasteiger charge is 2.25. The number of hydrogen-bond donors (Lipinski definition) is 1. The van der Waals surface area contributed by atoms with Crippen LogP contribution < -0.4 is 5.73 Å². The first kappa shape index (κ1) is 20.6. The van der Waals surface area contributed by atoms with Crippen molar-refractivity contribution >= 4 is 5.91 Å². The summed E-state index contributed by atoms with van der Waals surface area (Å²) in [7, 11) is 0. The smallest absolute Gasteiger partial charge is 0.251 e. The van der Waals surface area contributed by atoms with Crippen molar-refractivity contribution in [2.24, 2.45) is 5.73 Å². The first-order chi connectivity index (χ1) is 13.6. The summed E-state index contributed by atoms with van der Waals surface area (Å²) in [5.41, 5.74) is 10.5. The Morgan fingerprint density at radius 1 is 1.14 bits per heavy atom. The van der Waals surface area contributed by atoms with Gasteiger partial charge in [-0.25, -0.2) is 0 Å². The summed E-state index contributed by atoms with van der Waals surface area (Å²) < 4.78 is 2.34. The number of carbonyl (C=O) groups is 1. The van der Waals surface area contributed by atoms with E-state index in [0.29, 0.717) is 5.56 Å². The van der Waals surface area contributed by atoms with Gasteiger partial charge in [0.15, 0.2) is 0 Å². The predicted molar refractivity (Wildman–Crippen MR) is 114 cm³/mol. The second-order valence-electron chi connectivity index (χ2n) is 7.87. The summed E-state index contributed by atoms with van der Waals surface area (Å²) in [6, 6.07) is 5.87. The average Bonchev–Trinajstić information content (AvgIpc) is 3.00. The number of unbranched alkanes of at least 4 members (excludes halogenated alkanes) is 2. The second-order valence-corrected chi connectivity index (χ2v) is 7.87. The van der Waals surface area contributed by atoms with E-state index in [0.717, 1.165) is 42.9 Å². The van der Waals surface area contributed by atoms with Gasteiger partial charge >= 0.3 is 0 Å². The molecule has 1 saturated heterocycles. The zero-order valence-corrected chi connectivity index (χ0v) is 17.4. The molecule has 0 unspecified atom stereocenters. The van der Waals surface area contributed by atoms with Crippen molar-refractivity contribution < 1.29 is 4.79 Å². The van der Waals surface area contributed by atoms with Crippen molar-refractivity contribution in [1.82, 2.24) is 14.5 Å². The lowest BCUT2D eigenvalue weighted by atomic mass is 10.0. The maximum absolute atomic E-state index is 12.4. The predicted octanol–water partition coefficient (Wildman–Crippen LogP) is 4.18. The van der Waals surface area contributed by atoms with Crippen LogP contribution in [0.4, 0.5) is 0 Å². The Morgan fingerprint density at radius 3 is 2.57 bits per heavy atom. The quantitative estimate of drug-likeness (QED) is 0.662. The normalized spacial score (nSPS) is 15.1. The molecule has 3 heterocycles. The van der Waals surface area contributed by atoms with E-state index >= 15 is 0 Å². The molecule has 1 amide bonds. The maximum atomic E-state index is 12.4. The molecule has 0 saturated carbocycles. The molecule has 152 valence electrons. The summed E-state index contributed by atoms with van der Waals surface area (Å²) in [4.78, 5) is 19.5. The monoisotopic (exact) mass is 382 g/mol. The molecule has 2 N–H and O–H groups in total. The topological polar surface area (TPSA) is 64.1 Å². The van der Waals surface area contributed by atoms with E-state index in [-0.39, 0.29) is 5.91 Å². The Kier molecular flexibility index (Phi) is 7.26. The Labute approximate surface area is 168 Å². The molecule has 3 rings (SSSR count). The Balaban J connectivity index is 1.99. The van der Waals surface area contributed by atoms with E-state index in [2.05, 4.69) is 21.4 Å². The van der Waals surface area contributed by atoms with Gasteiger partial charge in [0.2, 0.25) is 0 Å². The third-order valence-electron chi connectivity index (χ3n) is 5.90. The van der Waals surface area contributed by atoms with Crippen molar-refractivity contribution in [3.8, 4) is 11.3 Å². The number of carbonyl (C=O) groups excluding carboxylic acids is 1. The molecule has 1 fully saturated rings. The molecule has 5 nitrogen and oxygen atoms in total. The summed E-state index contributed by atoms with van der Waals surface area (Å²) in [5, 5.41) is 0. The highest BCUT2D eigenvalue weighted by atomic mass is 16.1. The van der Waals surface area contributed by atoms with Gasteiger partial charge in [0.25, 0.3) is 5.91 Å². The van der Waals surface area contributed by atoms with Gasteiger partial charge in [-0.3, -0.25) is 9.78 Å². The number of piperidine rings is 1. The number of rotatable bonds is 9. The molecule has 1 aliphatic rings. The number of amides is 1. The molecule has 0 aromatic carbocycles. The lowest BCUT2D eigenvalue weighted by Gasteiger charge is -2.27. The van der Waals surface area contributed by atoms with Crippen LogP contribution in [0.25, 0.3) is 11.3 Å². The van der Waals surface area contributed by atoms with Crippen molar-refractivity contribution in [2.45, 2.75) is 65.3 Å². The van der Waals surface area contributed by atoms with Gasteiger partial charge in [-0.1, -0.05) is 32.3 Å². The molecule has 0 bridgehead atoms.